The van der Waals surface area contributed by atoms with Crippen LogP contribution < -0.4 is 9.92 Å². The molecule has 1 aromatic carbocycles. The Morgan fingerprint density at radius 2 is 2.09 bits per heavy atom. The van der Waals surface area contributed by atoms with Crippen molar-refractivity contribution in [2.75, 3.05) is 7.11 Å². The average Bonchev–Trinajstić information content (AvgIpc) is 2.03. The quantitative estimate of drug-likeness (QED) is 0.631. The summed E-state index contributed by atoms with van der Waals surface area (Å²) in [5.74, 6) is 0.863. The molecule has 11 heavy (non-hydrogen) atoms. The molecule has 0 saturated carbocycles. The van der Waals surface area contributed by atoms with Gasteiger partial charge in [0.1, 0.15) is 5.75 Å². The summed E-state index contributed by atoms with van der Waals surface area (Å²) in [5, 5.41) is 2.11. The van der Waals surface area contributed by atoms with Gasteiger partial charge in [0.25, 0.3) is 0 Å². The van der Waals surface area contributed by atoms with Gasteiger partial charge in [0.15, 0.2) is 0 Å². The van der Waals surface area contributed by atoms with Crippen LogP contribution in [0.2, 0.25) is 11.6 Å². The SMILES string of the molecule is COc1cc(Cl)cc([SiH2]C)c1. The molecular formula is C8H11ClOSi. The van der Waals surface area contributed by atoms with Gasteiger partial charge in [-0.2, -0.15) is 0 Å². The Kier molecular flexibility index (Phi) is 2.97. The second-order valence-electron chi connectivity index (χ2n) is 2.35. The van der Waals surface area contributed by atoms with Crippen LogP contribution in [0.3, 0.4) is 0 Å². The molecule has 3 heteroatoms. The molecule has 0 aliphatic carbocycles. The number of halogens is 1. The molecule has 0 N–H and O–H groups in total. The van der Waals surface area contributed by atoms with Gasteiger partial charge < -0.3 is 4.74 Å². The lowest BCUT2D eigenvalue weighted by molar-refractivity contribution is 0.415. The Morgan fingerprint density at radius 3 is 2.64 bits per heavy atom. The molecule has 1 aromatic rings. The van der Waals surface area contributed by atoms with Gasteiger partial charge in [-0.3, -0.25) is 0 Å². The topological polar surface area (TPSA) is 9.23 Å². The number of methoxy groups -OCH3 is 1. The van der Waals surface area contributed by atoms with E-state index in [9.17, 15) is 0 Å². The largest absolute Gasteiger partial charge is 0.497 e. The highest BCUT2D eigenvalue weighted by molar-refractivity contribution is 6.52. The van der Waals surface area contributed by atoms with E-state index >= 15 is 0 Å². The first-order valence-corrected chi connectivity index (χ1v) is 6.09. The molecule has 1 nitrogen and oxygen atoms in total. The van der Waals surface area contributed by atoms with Crippen molar-refractivity contribution in [1.29, 1.82) is 0 Å². The van der Waals surface area contributed by atoms with Crippen molar-refractivity contribution in [3.63, 3.8) is 0 Å². The van der Waals surface area contributed by atoms with Crippen molar-refractivity contribution in [1.82, 2.24) is 0 Å². The Morgan fingerprint density at radius 1 is 1.36 bits per heavy atom. The van der Waals surface area contributed by atoms with Crippen LogP contribution in [0.1, 0.15) is 0 Å². The third kappa shape index (κ3) is 2.24. The van der Waals surface area contributed by atoms with E-state index in [0.29, 0.717) is 0 Å². The number of benzene rings is 1. The van der Waals surface area contributed by atoms with Gasteiger partial charge in [0.2, 0.25) is 0 Å². The second kappa shape index (κ2) is 3.79. The zero-order valence-electron chi connectivity index (χ0n) is 6.73. The van der Waals surface area contributed by atoms with Crippen LogP contribution in [-0.4, -0.2) is 16.6 Å². The number of hydrogen-bond donors (Lipinski definition) is 0. The fourth-order valence-corrected chi connectivity index (χ4v) is 2.15. The highest BCUT2D eigenvalue weighted by Crippen LogP contribution is 2.14. The normalized spacial score (nSPS) is 10.8. The maximum absolute atomic E-state index is 5.85. The molecule has 0 spiro atoms. The van der Waals surface area contributed by atoms with Crippen molar-refractivity contribution in [2.24, 2.45) is 0 Å². The maximum Gasteiger partial charge on any atom is 0.120 e. The highest BCUT2D eigenvalue weighted by Gasteiger charge is 1.96. The summed E-state index contributed by atoms with van der Waals surface area (Å²) in [7, 11) is 1.53. The van der Waals surface area contributed by atoms with Crippen molar-refractivity contribution >= 4 is 26.3 Å². The molecule has 60 valence electrons. The maximum atomic E-state index is 5.85. The Labute approximate surface area is 74.2 Å². The van der Waals surface area contributed by atoms with E-state index < -0.39 is 0 Å². The summed E-state index contributed by atoms with van der Waals surface area (Å²) >= 11 is 5.85. The molecule has 0 amide bonds. The van der Waals surface area contributed by atoms with Crippen LogP contribution in [0.4, 0.5) is 0 Å². The predicted octanol–water partition coefficient (Wildman–Crippen LogP) is 1.19. The van der Waals surface area contributed by atoms with Crippen LogP contribution in [0, 0.1) is 0 Å². The molecule has 0 atom stereocenters. The molecule has 1 rings (SSSR count). The summed E-state index contributed by atoms with van der Waals surface area (Å²) in [6, 6.07) is 5.89. The van der Waals surface area contributed by atoms with E-state index in [2.05, 4.69) is 12.6 Å². The lowest BCUT2D eigenvalue weighted by Crippen LogP contribution is -2.09. The van der Waals surface area contributed by atoms with Crippen LogP contribution in [-0.2, 0) is 0 Å². The van der Waals surface area contributed by atoms with E-state index in [0.717, 1.165) is 10.8 Å². The van der Waals surface area contributed by atoms with E-state index in [1.807, 2.05) is 12.1 Å². The summed E-state index contributed by atoms with van der Waals surface area (Å²) in [4.78, 5) is 0. The smallest absolute Gasteiger partial charge is 0.120 e. The van der Waals surface area contributed by atoms with Crippen LogP contribution in [0.15, 0.2) is 18.2 Å². The van der Waals surface area contributed by atoms with Gasteiger partial charge in [-0.25, -0.2) is 0 Å². The van der Waals surface area contributed by atoms with Crippen molar-refractivity contribution in [3.8, 4) is 5.75 Å². The van der Waals surface area contributed by atoms with E-state index in [4.69, 9.17) is 16.3 Å². The molecule has 0 radical (unpaired) electrons. The Bertz CT molecular complexity index is 228. The fraction of sp³-hybridized carbons (Fsp3) is 0.250. The molecule has 0 bridgehead atoms. The van der Waals surface area contributed by atoms with Crippen molar-refractivity contribution < 1.29 is 4.74 Å². The van der Waals surface area contributed by atoms with E-state index in [1.165, 1.54) is 5.19 Å². The fourth-order valence-electron chi connectivity index (χ4n) is 0.943. The van der Waals surface area contributed by atoms with Gasteiger partial charge in [-0.1, -0.05) is 23.3 Å². The zero-order valence-corrected chi connectivity index (χ0v) is 8.90. The Hall–Kier alpha value is -0.473. The molecule has 0 saturated heterocycles. The van der Waals surface area contributed by atoms with Crippen LogP contribution in [0.25, 0.3) is 0 Å². The lowest BCUT2D eigenvalue weighted by atomic mass is 10.3. The second-order valence-corrected chi connectivity index (χ2v) is 4.31. The summed E-state index contributed by atoms with van der Waals surface area (Å²) in [6.07, 6.45) is 0. The van der Waals surface area contributed by atoms with E-state index in [1.54, 1.807) is 7.11 Å². The minimum Gasteiger partial charge on any atom is -0.497 e. The van der Waals surface area contributed by atoms with Crippen LogP contribution in [0.5, 0.6) is 5.75 Å². The minimum absolute atomic E-state index is 0.125. The summed E-state index contributed by atoms with van der Waals surface area (Å²) in [5.41, 5.74) is 0. The highest BCUT2D eigenvalue weighted by atomic mass is 35.5. The average molecular weight is 187 g/mol. The monoisotopic (exact) mass is 186 g/mol. The minimum atomic E-state index is -0.125. The van der Waals surface area contributed by atoms with Crippen molar-refractivity contribution in [2.45, 2.75) is 6.55 Å². The summed E-state index contributed by atoms with van der Waals surface area (Å²) < 4.78 is 5.08. The molecule has 0 aliphatic heterocycles. The summed E-state index contributed by atoms with van der Waals surface area (Å²) in [6.45, 7) is 2.23. The lowest BCUT2D eigenvalue weighted by Gasteiger charge is -2.02. The Balaban J connectivity index is 3.02. The predicted molar refractivity (Wildman–Crippen MR) is 52.0 cm³/mol. The standard InChI is InChI=1S/C8H11ClOSi/c1-10-7-3-6(9)4-8(5-7)11-2/h3-5H,11H2,1-2H3. The van der Waals surface area contributed by atoms with Gasteiger partial charge >= 0.3 is 0 Å². The van der Waals surface area contributed by atoms with Gasteiger partial charge in [0.05, 0.1) is 16.6 Å². The third-order valence-corrected chi connectivity index (χ3v) is 3.02. The zero-order chi connectivity index (χ0) is 8.27. The van der Waals surface area contributed by atoms with Gasteiger partial charge in [-0.15, -0.1) is 0 Å². The first kappa shape index (κ1) is 8.62. The third-order valence-electron chi connectivity index (χ3n) is 1.58. The first-order valence-electron chi connectivity index (χ1n) is 3.59. The number of rotatable bonds is 2. The van der Waals surface area contributed by atoms with Gasteiger partial charge in [0, 0.05) is 5.02 Å². The first-order chi connectivity index (χ1) is 5.26. The molecule has 0 aromatic heterocycles. The molecule has 0 fully saturated rings. The van der Waals surface area contributed by atoms with Crippen molar-refractivity contribution in [3.05, 3.63) is 23.2 Å². The molecule has 0 aliphatic rings. The van der Waals surface area contributed by atoms with Gasteiger partial charge in [-0.05, 0) is 18.2 Å². The number of ether oxygens (including phenoxy) is 1. The molecule has 0 unspecified atom stereocenters. The molecular weight excluding hydrogens is 176 g/mol. The van der Waals surface area contributed by atoms with Crippen LogP contribution >= 0.6 is 11.6 Å². The molecule has 0 heterocycles. The number of hydrogen-bond acceptors (Lipinski definition) is 1. The van der Waals surface area contributed by atoms with E-state index in [-0.39, 0.29) is 9.52 Å².